The molecule has 4 nitrogen and oxygen atoms in total. The van der Waals surface area contributed by atoms with Crippen molar-refractivity contribution in [3.05, 3.63) is 35.9 Å². The van der Waals surface area contributed by atoms with Crippen LogP contribution in [0.2, 0.25) is 19.6 Å². The van der Waals surface area contributed by atoms with Gasteiger partial charge in [-0.15, -0.1) is 0 Å². The van der Waals surface area contributed by atoms with Crippen molar-refractivity contribution >= 4 is 14.3 Å². The van der Waals surface area contributed by atoms with Crippen LogP contribution in [0, 0.1) is 0 Å². The maximum atomic E-state index is 12.2. The number of esters is 1. The van der Waals surface area contributed by atoms with Crippen LogP contribution in [0.4, 0.5) is 0 Å². The summed E-state index contributed by atoms with van der Waals surface area (Å²) < 4.78 is 11.9. The van der Waals surface area contributed by atoms with Crippen molar-refractivity contribution in [2.24, 2.45) is 0 Å². The van der Waals surface area contributed by atoms with Gasteiger partial charge in [0.15, 0.2) is 8.32 Å². The molecule has 1 saturated heterocycles. The summed E-state index contributed by atoms with van der Waals surface area (Å²) in [6.07, 6.45) is 2.32. The molecular weight excluding hydrogens is 342 g/mol. The van der Waals surface area contributed by atoms with Gasteiger partial charge in [0.2, 0.25) is 0 Å². The Morgan fingerprint density at radius 1 is 1.08 bits per heavy atom. The molecule has 0 saturated carbocycles. The lowest BCUT2D eigenvalue weighted by Gasteiger charge is -2.55. The molecule has 0 unspecified atom stereocenters. The first-order valence-electron chi connectivity index (χ1n) is 9.58. The Bertz CT molecular complexity index is 589. The summed E-state index contributed by atoms with van der Waals surface area (Å²) in [5.74, 6) is -0.252. The molecule has 1 aromatic carbocycles. The largest absolute Gasteiger partial charge is 0.461 e. The highest BCUT2D eigenvalue weighted by molar-refractivity contribution is 6.69. The summed E-state index contributed by atoms with van der Waals surface area (Å²) >= 11 is 0. The summed E-state index contributed by atoms with van der Waals surface area (Å²) in [5.41, 5.74) is 0.615. The topological polar surface area (TPSA) is 38.8 Å². The highest BCUT2D eigenvalue weighted by atomic mass is 28.4. The normalized spacial score (nSPS) is 20.7. The number of benzene rings is 1. The van der Waals surface area contributed by atoms with E-state index < -0.39 is 8.32 Å². The summed E-state index contributed by atoms with van der Waals surface area (Å²) in [6, 6.07) is 9.18. The van der Waals surface area contributed by atoms with E-state index in [0.717, 1.165) is 19.4 Å². The summed E-state index contributed by atoms with van der Waals surface area (Å²) in [4.78, 5) is 14.6. The van der Waals surface area contributed by atoms with Crippen molar-refractivity contribution in [2.45, 2.75) is 77.4 Å². The van der Waals surface area contributed by atoms with Gasteiger partial charge in [-0.1, -0.05) is 18.2 Å². The molecule has 5 heteroatoms. The highest BCUT2D eigenvalue weighted by Crippen LogP contribution is 2.40. The third-order valence-corrected chi connectivity index (χ3v) is 6.03. The molecule has 0 amide bonds. The van der Waals surface area contributed by atoms with Crippen molar-refractivity contribution in [3.8, 4) is 0 Å². The molecule has 26 heavy (non-hydrogen) atoms. The van der Waals surface area contributed by atoms with Gasteiger partial charge in [-0.05, 0) is 72.3 Å². The maximum absolute atomic E-state index is 12.2. The predicted molar refractivity (Wildman–Crippen MR) is 109 cm³/mol. The summed E-state index contributed by atoms with van der Waals surface area (Å²) in [7, 11) is -1.56. The molecule has 0 aliphatic carbocycles. The zero-order valence-corrected chi connectivity index (χ0v) is 18.5. The van der Waals surface area contributed by atoms with Gasteiger partial charge in [0.1, 0.15) is 6.61 Å². The molecule has 0 spiro atoms. The van der Waals surface area contributed by atoms with Gasteiger partial charge >= 0.3 is 5.97 Å². The van der Waals surface area contributed by atoms with Gasteiger partial charge in [0, 0.05) is 23.7 Å². The summed E-state index contributed by atoms with van der Waals surface area (Å²) in [5, 5.41) is 0. The van der Waals surface area contributed by atoms with E-state index in [-0.39, 0.29) is 17.0 Å². The van der Waals surface area contributed by atoms with E-state index in [1.54, 1.807) is 12.1 Å². The van der Waals surface area contributed by atoms with E-state index in [4.69, 9.17) is 9.16 Å². The number of piperidine rings is 1. The lowest BCUT2D eigenvalue weighted by atomic mass is 9.78. The Hall–Kier alpha value is -1.17. The van der Waals surface area contributed by atoms with Crippen LogP contribution in [-0.4, -0.2) is 49.5 Å². The number of carbonyl (C=O) groups is 1. The predicted octanol–water partition coefficient (Wildman–Crippen LogP) is 4.72. The molecule has 0 atom stereocenters. The molecule has 0 aromatic heterocycles. The zero-order chi connectivity index (χ0) is 19.6. The molecule has 0 radical (unpaired) electrons. The van der Waals surface area contributed by atoms with Crippen LogP contribution < -0.4 is 0 Å². The number of nitrogens with zero attached hydrogens (tertiary/aromatic N) is 1. The van der Waals surface area contributed by atoms with Crippen LogP contribution in [0.3, 0.4) is 0 Å². The van der Waals surface area contributed by atoms with Crippen molar-refractivity contribution in [2.75, 3.05) is 13.2 Å². The molecule has 1 aromatic rings. The first-order chi connectivity index (χ1) is 11.9. The number of ether oxygens (including phenoxy) is 1. The van der Waals surface area contributed by atoms with Gasteiger partial charge in [-0.2, -0.15) is 0 Å². The Kier molecular flexibility index (Phi) is 6.36. The molecule has 2 rings (SSSR count). The van der Waals surface area contributed by atoms with Crippen LogP contribution in [0.5, 0.6) is 0 Å². The van der Waals surface area contributed by atoms with Crippen molar-refractivity contribution in [1.29, 1.82) is 0 Å². The van der Waals surface area contributed by atoms with Crippen molar-refractivity contribution < 1.29 is 14.0 Å². The van der Waals surface area contributed by atoms with E-state index in [2.05, 4.69) is 52.2 Å². The zero-order valence-electron chi connectivity index (χ0n) is 17.5. The molecular formula is C21H35NO3Si. The third kappa shape index (κ3) is 5.66. The van der Waals surface area contributed by atoms with E-state index in [9.17, 15) is 4.79 Å². The lowest BCUT2D eigenvalue weighted by molar-refractivity contribution is -0.0822. The minimum absolute atomic E-state index is 0.00518. The first kappa shape index (κ1) is 21.1. The molecule has 1 fully saturated rings. The van der Waals surface area contributed by atoms with Crippen molar-refractivity contribution in [3.63, 3.8) is 0 Å². The van der Waals surface area contributed by atoms with Crippen LogP contribution in [0.15, 0.2) is 30.3 Å². The third-order valence-electron chi connectivity index (χ3n) is 4.99. The fraction of sp³-hybridized carbons (Fsp3) is 0.667. The monoisotopic (exact) mass is 377 g/mol. The van der Waals surface area contributed by atoms with E-state index in [1.807, 2.05) is 18.2 Å². The number of hydrogen-bond donors (Lipinski definition) is 0. The highest BCUT2D eigenvalue weighted by Gasteiger charge is 2.46. The second kappa shape index (κ2) is 7.83. The average molecular weight is 378 g/mol. The van der Waals surface area contributed by atoms with Gasteiger partial charge in [-0.3, -0.25) is 4.90 Å². The van der Waals surface area contributed by atoms with Crippen LogP contribution in [-0.2, 0) is 9.16 Å². The Morgan fingerprint density at radius 2 is 1.62 bits per heavy atom. The Balaban J connectivity index is 1.97. The molecule has 1 heterocycles. The number of rotatable bonds is 6. The second-order valence-corrected chi connectivity index (χ2v) is 14.0. The quantitative estimate of drug-likeness (QED) is 0.531. The standard InChI is InChI=1S/C21H35NO3Si/c1-20(2)15-18(25-26(5,6)7)16-21(3,4)22(20)13-14-24-19(23)17-11-9-8-10-12-17/h8-12,18H,13-16H2,1-7H3. The van der Waals surface area contributed by atoms with Crippen LogP contribution in [0.1, 0.15) is 50.9 Å². The minimum atomic E-state index is -1.56. The minimum Gasteiger partial charge on any atom is -0.461 e. The number of hydrogen-bond acceptors (Lipinski definition) is 4. The number of carbonyl (C=O) groups excluding carboxylic acids is 1. The van der Waals surface area contributed by atoms with Gasteiger partial charge in [0.05, 0.1) is 5.56 Å². The summed E-state index contributed by atoms with van der Waals surface area (Å²) in [6.45, 7) is 17.0. The first-order valence-corrected chi connectivity index (χ1v) is 13.0. The SMILES string of the molecule is CC1(C)CC(O[Si](C)(C)C)CC(C)(C)N1CCOC(=O)c1ccccc1. The fourth-order valence-electron chi connectivity index (χ4n) is 4.30. The molecule has 0 N–H and O–H groups in total. The van der Waals surface area contributed by atoms with E-state index >= 15 is 0 Å². The molecule has 1 aliphatic heterocycles. The van der Waals surface area contributed by atoms with Crippen LogP contribution in [0.25, 0.3) is 0 Å². The molecule has 1 aliphatic rings. The smallest absolute Gasteiger partial charge is 0.338 e. The van der Waals surface area contributed by atoms with Gasteiger partial charge < -0.3 is 9.16 Å². The fourth-order valence-corrected chi connectivity index (χ4v) is 5.47. The second-order valence-electron chi connectivity index (χ2n) is 9.54. The lowest BCUT2D eigenvalue weighted by Crippen LogP contribution is -2.63. The Labute approximate surface area is 160 Å². The maximum Gasteiger partial charge on any atom is 0.338 e. The van der Waals surface area contributed by atoms with Gasteiger partial charge in [0.25, 0.3) is 0 Å². The molecule has 0 bridgehead atoms. The van der Waals surface area contributed by atoms with E-state index in [1.165, 1.54) is 0 Å². The molecule has 146 valence electrons. The Morgan fingerprint density at radius 3 is 2.12 bits per heavy atom. The van der Waals surface area contributed by atoms with Crippen molar-refractivity contribution in [1.82, 2.24) is 4.90 Å². The average Bonchev–Trinajstić information content (AvgIpc) is 2.47. The van der Waals surface area contributed by atoms with E-state index in [0.29, 0.717) is 18.3 Å². The van der Waals surface area contributed by atoms with Crippen LogP contribution >= 0.6 is 0 Å². The number of likely N-dealkylation sites (tertiary alicyclic amines) is 1. The van der Waals surface area contributed by atoms with Gasteiger partial charge in [-0.25, -0.2) is 4.79 Å².